The van der Waals surface area contributed by atoms with Gasteiger partial charge in [-0.15, -0.1) is 0 Å². The Morgan fingerprint density at radius 2 is 2.07 bits per heavy atom. The number of thiophene rings is 1. The maximum atomic E-state index is 12.8. The number of carbonyl (C=O) groups is 1. The van der Waals surface area contributed by atoms with Crippen molar-refractivity contribution in [2.45, 2.75) is 26.5 Å². The molecule has 6 heteroatoms. The molecule has 0 saturated carbocycles. The summed E-state index contributed by atoms with van der Waals surface area (Å²) in [6.07, 6.45) is 3.50. The minimum atomic E-state index is -0.0933. The number of ether oxygens (including phenoxy) is 1. The fourth-order valence-corrected chi connectivity index (χ4v) is 3.96. The van der Waals surface area contributed by atoms with E-state index in [1.165, 1.54) is 5.56 Å². The molecular formula is C23H27N3O2S. The lowest BCUT2D eigenvalue weighted by molar-refractivity contribution is 0.0934. The molecule has 1 unspecified atom stereocenters. The summed E-state index contributed by atoms with van der Waals surface area (Å²) in [6, 6.07) is 13.4. The van der Waals surface area contributed by atoms with Gasteiger partial charge in [-0.1, -0.05) is 26.0 Å². The molecule has 2 heterocycles. The van der Waals surface area contributed by atoms with Crippen molar-refractivity contribution in [1.82, 2.24) is 15.2 Å². The highest BCUT2D eigenvalue weighted by molar-refractivity contribution is 7.07. The molecule has 2 aromatic heterocycles. The van der Waals surface area contributed by atoms with Crippen molar-refractivity contribution in [2.24, 2.45) is 0 Å². The first kappa shape index (κ1) is 21.0. The summed E-state index contributed by atoms with van der Waals surface area (Å²) in [5.74, 6) is 0.573. The number of amides is 1. The summed E-state index contributed by atoms with van der Waals surface area (Å²) in [6.45, 7) is 7.15. The Hall–Kier alpha value is -2.70. The van der Waals surface area contributed by atoms with E-state index >= 15 is 0 Å². The first-order valence-corrected chi connectivity index (χ1v) is 10.8. The van der Waals surface area contributed by atoms with E-state index in [0.717, 1.165) is 18.7 Å². The van der Waals surface area contributed by atoms with E-state index in [1.807, 2.05) is 30.3 Å². The van der Waals surface area contributed by atoms with E-state index < -0.39 is 0 Å². The van der Waals surface area contributed by atoms with Crippen LogP contribution in [0.3, 0.4) is 0 Å². The number of nitrogens with one attached hydrogen (secondary N) is 1. The third kappa shape index (κ3) is 5.89. The monoisotopic (exact) mass is 409 g/mol. The minimum absolute atomic E-state index is 0.0933. The maximum Gasteiger partial charge on any atom is 0.251 e. The van der Waals surface area contributed by atoms with Gasteiger partial charge in [0.15, 0.2) is 0 Å². The van der Waals surface area contributed by atoms with Crippen molar-refractivity contribution in [1.29, 1.82) is 0 Å². The smallest absolute Gasteiger partial charge is 0.251 e. The lowest BCUT2D eigenvalue weighted by atomic mass is 10.1. The molecule has 0 aliphatic rings. The van der Waals surface area contributed by atoms with Gasteiger partial charge in [0, 0.05) is 30.1 Å². The second-order valence-electron chi connectivity index (χ2n) is 6.68. The van der Waals surface area contributed by atoms with Gasteiger partial charge in [0.25, 0.3) is 5.91 Å². The largest absolute Gasteiger partial charge is 0.489 e. The molecule has 1 atom stereocenters. The predicted octanol–water partition coefficient (Wildman–Crippen LogP) is 4.54. The van der Waals surface area contributed by atoms with Crippen LogP contribution in [0.15, 0.2) is 65.6 Å². The molecule has 1 amide bonds. The molecule has 3 aromatic rings. The van der Waals surface area contributed by atoms with Crippen molar-refractivity contribution < 1.29 is 9.53 Å². The number of likely N-dealkylation sites (N-methyl/N-ethyl adjacent to an activating group) is 1. The summed E-state index contributed by atoms with van der Waals surface area (Å²) in [4.78, 5) is 19.2. The van der Waals surface area contributed by atoms with Gasteiger partial charge in [0.1, 0.15) is 12.4 Å². The number of pyridine rings is 1. The maximum absolute atomic E-state index is 12.8. The lowest BCUT2D eigenvalue weighted by Gasteiger charge is -2.29. The van der Waals surface area contributed by atoms with Crippen LogP contribution in [0, 0.1) is 0 Å². The Balaban J connectivity index is 1.62. The molecule has 1 aromatic carbocycles. The predicted molar refractivity (Wildman–Crippen MR) is 117 cm³/mol. The van der Waals surface area contributed by atoms with E-state index in [1.54, 1.807) is 29.8 Å². The molecule has 5 nitrogen and oxygen atoms in total. The molecule has 0 aliphatic heterocycles. The van der Waals surface area contributed by atoms with Crippen LogP contribution in [-0.2, 0) is 6.61 Å². The van der Waals surface area contributed by atoms with Crippen LogP contribution in [-0.4, -0.2) is 35.4 Å². The number of hydrogen-bond donors (Lipinski definition) is 1. The van der Waals surface area contributed by atoms with E-state index in [-0.39, 0.29) is 11.9 Å². The Morgan fingerprint density at radius 1 is 1.21 bits per heavy atom. The lowest BCUT2D eigenvalue weighted by Crippen LogP contribution is -2.37. The van der Waals surface area contributed by atoms with Gasteiger partial charge in [-0.3, -0.25) is 14.7 Å². The van der Waals surface area contributed by atoms with Gasteiger partial charge in [0.2, 0.25) is 0 Å². The van der Waals surface area contributed by atoms with Crippen LogP contribution in [0.1, 0.15) is 41.4 Å². The normalized spacial score (nSPS) is 12.0. The van der Waals surface area contributed by atoms with E-state index in [4.69, 9.17) is 4.74 Å². The van der Waals surface area contributed by atoms with Crippen molar-refractivity contribution in [3.05, 3.63) is 82.3 Å². The molecule has 1 N–H and O–H groups in total. The average molecular weight is 410 g/mol. The van der Waals surface area contributed by atoms with Crippen LogP contribution < -0.4 is 10.1 Å². The highest BCUT2D eigenvalue weighted by Crippen LogP contribution is 2.22. The average Bonchev–Trinajstić information content (AvgIpc) is 3.30. The van der Waals surface area contributed by atoms with E-state index in [9.17, 15) is 4.79 Å². The number of benzene rings is 1. The Bertz CT molecular complexity index is 880. The third-order valence-corrected chi connectivity index (χ3v) is 5.56. The zero-order valence-electron chi connectivity index (χ0n) is 16.9. The first-order chi connectivity index (χ1) is 14.2. The molecule has 0 fully saturated rings. The summed E-state index contributed by atoms with van der Waals surface area (Å²) in [5.41, 5.74) is 2.82. The summed E-state index contributed by atoms with van der Waals surface area (Å²) < 4.78 is 5.81. The number of nitrogens with zero attached hydrogens (tertiary/aromatic N) is 2. The molecule has 152 valence electrons. The number of rotatable bonds is 10. The fraction of sp³-hybridized carbons (Fsp3) is 0.304. The summed E-state index contributed by atoms with van der Waals surface area (Å²) in [5, 5.41) is 7.33. The van der Waals surface area contributed by atoms with Crippen LogP contribution >= 0.6 is 11.3 Å². The van der Waals surface area contributed by atoms with Gasteiger partial charge in [-0.25, -0.2) is 0 Å². The topological polar surface area (TPSA) is 54.5 Å². The fourth-order valence-electron chi connectivity index (χ4n) is 3.26. The summed E-state index contributed by atoms with van der Waals surface area (Å²) >= 11 is 1.68. The van der Waals surface area contributed by atoms with Gasteiger partial charge < -0.3 is 10.1 Å². The molecule has 0 spiro atoms. The minimum Gasteiger partial charge on any atom is -0.489 e. The molecule has 0 saturated heterocycles. The molecule has 0 radical (unpaired) electrons. The highest BCUT2D eigenvalue weighted by atomic mass is 32.1. The van der Waals surface area contributed by atoms with Crippen molar-refractivity contribution in [3.8, 4) is 5.75 Å². The molecular weight excluding hydrogens is 382 g/mol. The number of carbonyl (C=O) groups excluding carboxylic acids is 1. The zero-order chi connectivity index (χ0) is 20.5. The Morgan fingerprint density at radius 3 is 2.76 bits per heavy atom. The standard InChI is InChI=1S/C23H27N3O2S/c1-3-26(4-2)22(20-10-12-29-17-20)15-25-23(27)19-8-5-9-21(13-19)28-16-18-7-6-11-24-14-18/h5-14,17,22H,3-4,15-16H2,1-2H3,(H,25,27). The zero-order valence-corrected chi connectivity index (χ0v) is 17.7. The van der Waals surface area contributed by atoms with Crippen molar-refractivity contribution >= 4 is 17.2 Å². The molecule has 0 aliphatic carbocycles. The van der Waals surface area contributed by atoms with E-state index in [0.29, 0.717) is 24.5 Å². The SMILES string of the molecule is CCN(CC)C(CNC(=O)c1cccc(OCc2cccnc2)c1)c1ccsc1. The molecule has 0 bridgehead atoms. The van der Waals surface area contributed by atoms with E-state index in [2.05, 4.69) is 45.9 Å². The third-order valence-electron chi connectivity index (χ3n) is 4.86. The molecule has 29 heavy (non-hydrogen) atoms. The van der Waals surface area contributed by atoms with Crippen LogP contribution in [0.25, 0.3) is 0 Å². The van der Waals surface area contributed by atoms with Gasteiger partial charge >= 0.3 is 0 Å². The Labute approximate surface area is 176 Å². The highest BCUT2D eigenvalue weighted by Gasteiger charge is 2.19. The number of aromatic nitrogens is 1. The summed E-state index contributed by atoms with van der Waals surface area (Å²) in [7, 11) is 0. The van der Waals surface area contributed by atoms with Gasteiger partial charge in [-0.05, 0) is 59.7 Å². The van der Waals surface area contributed by atoms with Crippen LogP contribution in [0.5, 0.6) is 5.75 Å². The first-order valence-electron chi connectivity index (χ1n) is 9.87. The second-order valence-corrected chi connectivity index (χ2v) is 7.46. The van der Waals surface area contributed by atoms with Crippen molar-refractivity contribution in [3.63, 3.8) is 0 Å². The molecule has 3 rings (SSSR count). The van der Waals surface area contributed by atoms with Crippen LogP contribution in [0.2, 0.25) is 0 Å². The van der Waals surface area contributed by atoms with Gasteiger partial charge in [0.05, 0.1) is 6.04 Å². The second kappa shape index (κ2) is 10.7. The number of hydrogen-bond acceptors (Lipinski definition) is 5. The quantitative estimate of drug-likeness (QED) is 0.534. The Kier molecular flexibility index (Phi) is 7.78. The van der Waals surface area contributed by atoms with Crippen LogP contribution in [0.4, 0.5) is 0 Å². The van der Waals surface area contributed by atoms with Crippen molar-refractivity contribution in [2.75, 3.05) is 19.6 Å². The van der Waals surface area contributed by atoms with Gasteiger partial charge in [-0.2, -0.15) is 11.3 Å².